The molecule has 1 heterocycles. The number of carbonyl (C=O) groups is 6. The van der Waals surface area contributed by atoms with E-state index < -0.39 is 78.7 Å². The van der Waals surface area contributed by atoms with Crippen LogP contribution in [0.15, 0.2) is 0 Å². The van der Waals surface area contributed by atoms with Crippen molar-refractivity contribution < 1.29 is 70.5 Å². The van der Waals surface area contributed by atoms with E-state index in [0.717, 1.165) is 180 Å². The van der Waals surface area contributed by atoms with Gasteiger partial charge in [0.2, 0.25) is 17.7 Å². The normalized spacial score (nSPS) is 17.4. The van der Waals surface area contributed by atoms with Gasteiger partial charge in [-0.3, -0.25) is 37.5 Å². The van der Waals surface area contributed by atoms with Gasteiger partial charge in [0.1, 0.15) is 36.6 Å². The Balaban J connectivity index is 3.65. The molecule has 1 saturated heterocycles. The highest BCUT2D eigenvalue weighted by atomic mass is 32.2. The molecule has 0 aromatic heterocycles. The second-order valence-corrected chi connectivity index (χ2v) is 29.5. The van der Waals surface area contributed by atoms with Gasteiger partial charge in [-0.1, -0.05) is 311 Å². The Morgan fingerprint density at radius 2 is 0.657 bits per heavy atom. The van der Waals surface area contributed by atoms with Crippen molar-refractivity contribution in [1.29, 1.82) is 0 Å². The lowest BCUT2D eigenvalue weighted by molar-refractivity contribution is -0.245. The molecule has 5 N–H and O–H groups in total. The van der Waals surface area contributed by atoms with Crippen LogP contribution in [0.25, 0.3) is 0 Å². The summed E-state index contributed by atoms with van der Waals surface area (Å²) in [6, 6.07) is -2.73. The van der Waals surface area contributed by atoms with Crippen LogP contribution < -0.4 is 16.0 Å². The van der Waals surface area contributed by atoms with Crippen molar-refractivity contribution in [2.24, 2.45) is 0 Å². The number of unbranched alkanes of at least 4 members (excludes halogenated alkanes) is 42. The van der Waals surface area contributed by atoms with Crippen molar-refractivity contribution in [3.8, 4) is 0 Å². The molecule has 0 spiro atoms. The van der Waals surface area contributed by atoms with Gasteiger partial charge in [-0.2, -0.15) is 4.21 Å². The third-order valence-electron chi connectivity index (χ3n) is 19.4. The van der Waals surface area contributed by atoms with Gasteiger partial charge in [0.05, 0.1) is 38.5 Å². The first-order valence-corrected chi connectivity index (χ1v) is 42.4. The van der Waals surface area contributed by atoms with E-state index >= 15 is 0 Å². The molecule has 0 radical (unpaired) electrons. The molecule has 0 saturated carbocycles. The van der Waals surface area contributed by atoms with Crippen molar-refractivity contribution in [2.45, 2.75) is 456 Å². The second kappa shape index (κ2) is 67.9. The molecule has 0 aromatic carbocycles. The van der Waals surface area contributed by atoms with E-state index in [-0.39, 0.29) is 69.1 Å². The number of hydrogen-bond donors (Lipinski definition) is 5. The largest absolute Gasteiger partial charge is 0.462 e. The Bertz CT molecular complexity index is 1970. The van der Waals surface area contributed by atoms with Gasteiger partial charge < -0.3 is 44.7 Å². The molecule has 18 nitrogen and oxygen atoms in total. The van der Waals surface area contributed by atoms with Crippen molar-refractivity contribution in [3.05, 3.63) is 0 Å². The van der Waals surface area contributed by atoms with E-state index in [9.17, 15) is 42.6 Å². The average Bonchev–Trinajstić information content (AvgIpc) is 0.787. The van der Waals surface area contributed by atoms with Crippen molar-refractivity contribution in [3.63, 3.8) is 0 Å². The van der Waals surface area contributed by atoms with Crippen LogP contribution in [0, 0.1) is 0 Å². The van der Waals surface area contributed by atoms with E-state index in [0.29, 0.717) is 38.5 Å². The molecule has 1 aliphatic heterocycles. The summed E-state index contributed by atoms with van der Waals surface area (Å²) in [5.41, 5.74) is 0. The van der Waals surface area contributed by atoms with Crippen molar-refractivity contribution in [2.75, 3.05) is 19.8 Å². The highest BCUT2D eigenvalue weighted by molar-refractivity contribution is 7.74. The standard InChI is InChI=1S/C80H151N3O15S/c1-7-13-19-25-31-34-40-43-49-55-67(94-74(88)58-52-46-37-28-22-16-10-4)63-71(85)81-61-62-93-80-78(83-73(87)65-69(57-51-45-42-36-33-27-21-15-9-3)96-76(90)60-54-48-39-30-24-18-12-6)77(79(98-99(91)92)70(66-84)97-80)82-72(86)64-68(56-50-44-41-35-32-26-20-14-8-2)95-75(89)59-53-47-38-29-23-17-11-5/h67-70,77-80,84H,7-66H2,1-6H3,(H,81,85)(H,82,86)(H,83,87)(H,91,92)/t67-,68-,69-,70-,77+,78-,79-,80-/m1/s1. The zero-order valence-corrected chi connectivity index (χ0v) is 65.0. The van der Waals surface area contributed by atoms with E-state index in [2.05, 4.69) is 57.5 Å². The number of rotatable bonds is 72. The number of ether oxygens (including phenoxy) is 5. The molecule has 99 heavy (non-hydrogen) atoms. The van der Waals surface area contributed by atoms with Gasteiger partial charge in [-0.15, -0.1) is 0 Å². The predicted octanol–water partition coefficient (Wildman–Crippen LogP) is 19.4. The van der Waals surface area contributed by atoms with Gasteiger partial charge in [0.25, 0.3) is 0 Å². The van der Waals surface area contributed by atoms with Gasteiger partial charge >= 0.3 is 29.3 Å². The van der Waals surface area contributed by atoms with E-state index in [4.69, 9.17) is 27.9 Å². The van der Waals surface area contributed by atoms with Crippen molar-refractivity contribution in [1.82, 2.24) is 16.0 Å². The molecule has 9 atom stereocenters. The predicted molar refractivity (Wildman–Crippen MR) is 401 cm³/mol. The molecular weight excluding hydrogens is 1270 g/mol. The lowest BCUT2D eigenvalue weighted by Crippen LogP contribution is -2.70. The Hall–Kier alpha value is -3.23. The van der Waals surface area contributed by atoms with Crippen LogP contribution in [-0.4, -0.2) is 118 Å². The van der Waals surface area contributed by atoms with Crippen LogP contribution in [-0.2, 0) is 68.0 Å². The van der Waals surface area contributed by atoms with Crippen LogP contribution in [0.3, 0.4) is 0 Å². The van der Waals surface area contributed by atoms with E-state index in [1.165, 1.54) is 116 Å². The fourth-order valence-electron chi connectivity index (χ4n) is 13.4. The molecule has 0 aromatic rings. The number of aliphatic hydroxyl groups excluding tert-OH is 1. The summed E-state index contributed by atoms with van der Waals surface area (Å²) in [6.07, 6.45) is 46.5. The summed E-state index contributed by atoms with van der Waals surface area (Å²) in [5, 5.41) is 19.8. The first-order chi connectivity index (χ1) is 48.2. The maximum absolute atomic E-state index is 14.8. The van der Waals surface area contributed by atoms with Gasteiger partial charge in [-0.05, 0) is 57.8 Å². The molecule has 19 heteroatoms. The van der Waals surface area contributed by atoms with E-state index in [1.807, 2.05) is 0 Å². The Morgan fingerprint density at radius 3 is 0.949 bits per heavy atom. The zero-order chi connectivity index (χ0) is 72.5. The molecular formula is C80H151N3O15S. The maximum Gasteiger partial charge on any atom is 0.306 e. The monoisotopic (exact) mass is 1430 g/mol. The highest BCUT2D eigenvalue weighted by Crippen LogP contribution is 2.28. The van der Waals surface area contributed by atoms with E-state index in [1.54, 1.807) is 0 Å². The number of amides is 3. The van der Waals surface area contributed by atoms with Gasteiger partial charge in [0.15, 0.2) is 6.29 Å². The summed E-state index contributed by atoms with van der Waals surface area (Å²) in [6.45, 7) is 12.2. The molecule has 1 unspecified atom stereocenters. The summed E-state index contributed by atoms with van der Waals surface area (Å²) < 4.78 is 59.6. The second-order valence-electron chi connectivity index (χ2n) is 28.8. The van der Waals surface area contributed by atoms with Crippen LogP contribution >= 0.6 is 0 Å². The molecule has 1 fully saturated rings. The first kappa shape index (κ1) is 93.8. The topological polar surface area (TPSA) is 251 Å². The Kier molecular flexibility index (Phi) is 64.3. The molecule has 1 aliphatic rings. The molecule has 1 rings (SSSR count). The quantitative estimate of drug-likeness (QED) is 0.0164. The number of carbonyl (C=O) groups excluding carboxylic acids is 6. The van der Waals surface area contributed by atoms with Gasteiger partial charge in [-0.25, -0.2) is 0 Å². The molecule has 0 bridgehead atoms. The molecule has 582 valence electrons. The molecule has 3 amide bonds. The molecule has 0 aliphatic carbocycles. The van der Waals surface area contributed by atoms with Gasteiger partial charge in [0, 0.05) is 25.8 Å². The Labute approximate surface area is 606 Å². The number of esters is 3. The number of aliphatic hydroxyl groups is 1. The summed E-state index contributed by atoms with van der Waals surface area (Å²) >= 11 is -2.96. The zero-order valence-electron chi connectivity index (χ0n) is 64.2. The highest BCUT2D eigenvalue weighted by Gasteiger charge is 2.50. The SMILES string of the molecule is CCCCCCCCCCC[C@H](CC(=O)NCCO[C@@H]1O[C@H](CO)[C@@H](OS(=O)O)[C@@H](NC(=O)C[C@@H](CCCCCCCCCCC)OC(=O)CCCCCCCCC)[C@H]1NC(=O)C[C@@H](CCCCCCCCCCC)OC(=O)CCCCCCCCC)OC(=O)CCCCCCCCC. The minimum absolute atomic E-state index is 0.0439. The summed E-state index contributed by atoms with van der Waals surface area (Å²) in [5.74, 6) is -2.61. The number of hydrogen-bond acceptors (Lipinski definition) is 14. The third-order valence-corrected chi connectivity index (χ3v) is 19.8. The van der Waals surface area contributed by atoms with Crippen LogP contribution in [0.2, 0.25) is 0 Å². The number of nitrogens with one attached hydrogen (secondary N) is 3. The maximum atomic E-state index is 14.8. The van der Waals surface area contributed by atoms with Crippen molar-refractivity contribution >= 4 is 47.0 Å². The first-order valence-electron chi connectivity index (χ1n) is 41.3. The minimum atomic E-state index is -2.96. The fraction of sp³-hybridized carbons (Fsp3) is 0.925. The minimum Gasteiger partial charge on any atom is -0.462 e. The summed E-state index contributed by atoms with van der Waals surface area (Å²) in [4.78, 5) is 83.6. The summed E-state index contributed by atoms with van der Waals surface area (Å²) in [7, 11) is 0. The van der Waals surface area contributed by atoms with Crippen LogP contribution in [0.4, 0.5) is 0 Å². The lowest BCUT2D eigenvalue weighted by Gasteiger charge is -2.45. The smallest absolute Gasteiger partial charge is 0.306 e. The fourth-order valence-corrected chi connectivity index (χ4v) is 13.8. The van der Waals surface area contributed by atoms with Crippen LogP contribution in [0.5, 0.6) is 0 Å². The average molecular weight is 1430 g/mol. The third kappa shape index (κ3) is 55.0. The van der Waals surface area contributed by atoms with Crippen LogP contribution in [0.1, 0.15) is 408 Å². The lowest BCUT2D eigenvalue weighted by atomic mass is 9.93. The Morgan fingerprint density at radius 1 is 0.384 bits per heavy atom.